The van der Waals surface area contributed by atoms with Crippen molar-refractivity contribution in [1.82, 2.24) is 20.9 Å². The van der Waals surface area contributed by atoms with Crippen LogP contribution in [0.5, 0.6) is 0 Å². The molecule has 0 saturated carbocycles. The normalized spacial score (nSPS) is 14.6. The SMILES string of the molecule is NNC(=O)N1C=CCN1C(=O)NN. The molecule has 1 aliphatic heterocycles. The van der Waals surface area contributed by atoms with E-state index in [-0.39, 0.29) is 6.54 Å². The highest BCUT2D eigenvalue weighted by Gasteiger charge is 2.25. The summed E-state index contributed by atoms with van der Waals surface area (Å²) < 4.78 is 0. The Balaban J connectivity index is 2.67. The molecule has 0 fully saturated rings. The average Bonchev–Trinajstić information content (AvgIpc) is 2.63. The Labute approximate surface area is 74.0 Å². The third kappa shape index (κ3) is 1.68. The van der Waals surface area contributed by atoms with Crippen LogP contribution in [0.15, 0.2) is 12.3 Å². The predicted octanol–water partition coefficient (Wildman–Crippen LogP) is -1.80. The number of hydrazine groups is 3. The zero-order valence-corrected chi connectivity index (χ0v) is 6.73. The molecule has 0 radical (unpaired) electrons. The molecule has 6 N–H and O–H groups in total. The molecule has 13 heavy (non-hydrogen) atoms. The molecule has 0 spiro atoms. The van der Waals surface area contributed by atoms with Crippen molar-refractivity contribution in [2.24, 2.45) is 11.7 Å². The minimum absolute atomic E-state index is 0.274. The minimum atomic E-state index is -0.614. The fraction of sp³-hybridized carbons (Fsp3) is 0.200. The fourth-order valence-corrected chi connectivity index (χ4v) is 0.914. The Morgan fingerprint density at radius 3 is 2.38 bits per heavy atom. The number of nitrogens with two attached hydrogens (primary N) is 2. The topological polar surface area (TPSA) is 117 Å². The first-order valence-corrected chi connectivity index (χ1v) is 3.45. The Bertz CT molecular complexity index is 251. The van der Waals surface area contributed by atoms with Crippen LogP contribution in [0, 0.1) is 0 Å². The van der Waals surface area contributed by atoms with E-state index in [1.165, 1.54) is 6.20 Å². The number of amides is 4. The van der Waals surface area contributed by atoms with Gasteiger partial charge in [-0.3, -0.25) is 10.9 Å². The second-order valence-corrected chi connectivity index (χ2v) is 2.21. The van der Waals surface area contributed by atoms with Gasteiger partial charge in [0.15, 0.2) is 0 Å². The van der Waals surface area contributed by atoms with E-state index >= 15 is 0 Å². The third-order valence-electron chi connectivity index (χ3n) is 1.47. The van der Waals surface area contributed by atoms with Crippen LogP contribution >= 0.6 is 0 Å². The molecule has 8 heteroatoms. The van der Waals surface area contributed by atoms with Crippen molar-refractivity contribution < 1.29 is 9.59 Å². The lowest BCUT2D eigenvalue weighted by Crippen LogP contribution is -2.54. The van der Waals surface area contributed by atoms with Gasteiger partial charge in [0.05, 0.1) is 6.54 Å². The summed E-state index contributed by atoms with van der Waals surface area (Å²) in [5.74, 6) is 9.79. The van der Waals surface area contributed by atoms with Crippen molar-refractivity contribution in [3.8, 4) is 0 Å². The summed E-state index contributed by atoms with van der Waals surface area (Å²) >= 11 is 0. The standard InChI is InChI=1S/C5H10N6O2/c6-8-4(12)10-2-1-3-11(10)5(13)9-7/h1-2H,3,6-7H2,(H,8,12)(H,9,13). The van der Waals surface area contributed by atoms with Crippen molar-refractivity contribution in [3.05, 3.63) is 12.3 Å². The number of nitrogens with one attached hydrogen (secondary N) is 2. The molecule has 1 rings (SSSR count). The largest absolute Gasteiger partial charge is 0.354 e. The third-order valence-corrected chi connectivity index (χ3v) is 1.47. The van der Waals surface area contributed by atoms with Crippen LogP contribution in [0.1, 0.15) is 0 Å². The van der Waals surface area contributed by atoms with Crippen LogP contribution in [0.25, 0.3) is 0 Å². The van der Waals surface area contributed by atoms with E-state index in [1.807, 2.05) is 10.9 Å². The van der Waals surface area contributed by atoms with Crippen molar-refractivity contribution in [3.63, 3.8) is 0 Å². The summed E-state index contributed by atoms with van der Waals surface area (Å²) in [6.07, 6.45) is 3.03. The van der Waals surface area contributed by atoms with E-state index in [4.69, 9.17) is 11.7 Å². The van der Waals surface area contributed by atoms with Crippen LogP contribution in [-0.4, -0.2) is 28.6 Å². The maximum absolute atomic E-state index is 11.0. The van der Waals surface area contributed by atoms with E-state index in [0.29, 0.717) is 0 Å². The number of hydrogen-bond acceptors (Lipinski definition) is 4. The Hall–Kier alpha value is -1.80. The first kappa shape index (κ1) is 9.29. The van der Waals surface area contributed by atoms with Crippen LogP contribution in [-0.2, 0) is 0 Å². The summed E-state index contributed by atoms with van der Waals surface area (Å²) in [4.78, 5) is 22.1. The summed E-state index contributed by atoms with van der Waals surface area (Å²) in [6, 6.07) is -1.20. The quantitative estimate of drug-likeness (QED) is 0.203. The highest BCUT2D eigenvalue weighted by atomic mass is 16.2. The van der Waals surface area contributed by atoms with Gasteiger partial charge in [-0.05, 0) is 6.08 Å². The number of urea groups is 2. The van der Waals surface area contributed by atoms with Gasteiger partial charge >= 0.3 is 12.1 Å². The van der Waals surface area contributed by atoms with Crippen LogP contribution in [0.2, 0.25) is 0 Å². The van der Waals surface area contributed by atoms with Gasteiger partial charge in [-0.2, -0.15) is 0 Å². The Morgan fingerprint density at radius 1 is 1.23 bits per heavy atom. The highest BCUT2D eigenvalue weighted by Crippen LogP contribution is 2.07. The van der Waals surface area contributed by atoms with Gasteiger partial charge in [0.2, 0.25) is 0 Å². The molecule has 1 heterocycles. The van der Waals surface area contributed by atoms with Gasteiger partial charge < -0.3 is 0 Å². The monoisotopic (exact) mass is 186 g/mol. The van der Waals surface area contributed by atoms with E-state index in [1.54, 1.807) is 6.08 Å². The van der Waals surface area contributed by atoms with Crippen LogP contribution in [0.3, 0.4) is 0 Å². The zero-order valence-electron chi connectivity index (χ0n) is 6.73. The molecular weight excluding hydrogens is 176 g/mol. The molecule has 0 unspecified atom stereocenters. The number of nitrogens with zero attached hydrogens (tertiary/aromatic N) is 2. The zero-order chi connectivity index (χ0) is 9.84. The maximum atomic E-state index is 11.0. The highest BCUT2D eigenvalue weighted by molar-refractivity contribution is 5.81. The first-order valence-electron chi connectivity index (χ1n) is 3.45. The number of hydrogen-bond donors (Lipinski definition) is 4. The lowest BCUT2D eigenvalue weighted by Gasteiger charge is -2.25. The summed E-state index contributed by atoms with van der Waals surface area (Å²) in [7, 11) is 0. The Kier molecular flexibility index (Phi) is 2.67. The lowest BCUT2D eigenvalue weighted by atomic mass is 10.6. The van der Waals surface area contributed by atoms with Gasteiger partial charge in [0, 0.05) is 6.20 Å². The fourth-order valence-electron chi connectivity index (χ4n) is 0.914. The number of carbonyl (C=O) groups excluding carboxylic acids is 2. The van der Waals surface area contributed by atoms with Gasteiger partial charge in [-0.15, -0.1) is 0 Å². The molecule has 0 saturated heterocycles. The van der Waals surface area contributed by atoms with Gasteiger partial charge in [-0.1, -0.05) is 0 Å². The summed E-state index contributed by atoms with van der Waals surface area (Å²) in [5, 5.41) is 2.10. The molecule has 0 atom stereocenters. The van der Waals surface area contributed by atoms with E-state index in [0.717, 1.165) is 10.0 Å². The van der Waals surface area contributed by atoms with Crippen molar-refractivity contribution in [2.75, 3.05) is 6.54 Å². The molecule has 1 aliphatic rings. The molecule has 0 aliphatic carbocycles. The molecule has 0 aromatic carbocycles. The molecule has 0 aromatic heterocycles. The second-order valence-electron chi connectivity index (χ2n) is 2.21. The lowest BCUT2D eigenvalue weighted by molar-refractivity contribution is 0.103. The number of carbonyl (C=O) groups is 2. The molecule has 0 aromatic rings. The van der Waals surface area contributed by atoms with Crippen molar-refractivity contribution in [1.29, 1.82) is 0 Å². The molecule has 8 nitrogen and oxygen atoms in total. The molecule has 0 bridgehead atoms. The van der Waals surface area contributed by atoms with Crippen molar-refractivity contribution >= 4 is 12.1 Å². The van der Waals surface area contributed by atoms with Crippen LogP contribution < -0.4 is 22.5 Å². The first-order chi connectivity index (χ1) is 6.20. The number of rotatable bonds is 0. The summed E-state index contributed by atoms with van der Waals surface area (Å²) in [5.41, 5.74) is 3.79. The smallest absolute Gasteiger partial charge is 0.274 e. The average molecular weight is 186 g/mol. The predicted molar refractivity (Wildman–Crippen MR) is 43.1 cm³/mol. The van der Waals surface area contributed by atoms with Gasteiger partial charge in [0.25, 0.3) is 0 Å². The van der Waals surface area contributed by atoms with Crippen LogP contribution in [0.4, 0.5) is 9.59 Å². The van der Waals surface area contributed by atoms with Gasteiger partial charge in [0.1, 0.15) is 0 Å². The maximum Gasteiger partial charge on any atom is 0.354 e. The molecule has 72 valence electrons. The van der Waals surface area contributed by atoms with Crippen molar-refractivity contribution in [2.45, 2.75) is 0 Å². The molecule has 4 amide bonds. The van der Waals surface area contributed by atoms with E-state index < -0.39 is 12.1 Å². The van der Waals surface area contributed by atoms with E-state index in [9.17, 15) is 9.59 Å². The minimum Gasteiger partial charge on any atom is -0.274 e. The van der Waals surface area contributed by atoms with E-state index in [2.05, 4.69) is 0 Å². The molecular formula is C5H10N6O2. The summed E-state index contributed by atoms with van der Waals surface area (Å²) in [6.45, 7) is 0.274. The Morgan fingerprint density at radius 2 is 1.85 bits per heavy atom. The van der Waals surface area contributed by atoms with Gasteiger partial charge in [-0.25, -0.2) is 31.3 Å². The second kappa shape index (κ2) is 3.74.